The first-order valence-electron chi connectivity index (χ1n) is 7.80. The van der Waals surface area contributed by atoms with E-state index in [1.165, 1.54) is 0 Å². The second-order valence-electron chi connectivity index (χ2n) is 5.92. The molecular formula is C15H24N2O3S. The topological polar surface area (TPSA) is 72.6 Å². The fourth-order valence-corrected chi connectivity index (χ4v) is 3.78. The van der Waals surface area contributed by atoms with E-state index in [9.17, 15) is 9.59 Å². The summed E-state index contributed by atoms with van der Waals surface area (Å²) in [6.07, 6.45) is 5.92. The Kier molecular flexibility index (Phi) is 5.19. The normalized spacial score (nSPS) is 24.6. The van der Waals surface area contributed by atoms with Crippen LogP contribution in [-0.4, -0.2) is 41.0 Å². The molecule has 1 atom stereocenters. The molecule has 1 aliphatic heterocycles. The molecule has 21 heavy (non-hydrogen) atoms. The Bertz CT molecular complexity index is 433. The van der Waals surface area contributed by atoms with Gasteiger partial charge in [-0.1, -0.05) is 31.5 Å². The number of thiocarbonyl (C=S) groups is 1. The molecule has 2 rings (SSSR count). The molecule has 0 aromatic carbocycles. The highest BCUT2D eigenvalue weighted by Crippen LogP contribution is 2.40. The summed E-state index contributed by atoms with van der Waals surface area (Å²) >= 11 is 5.21. The maximum Gasteiger partial charge on any atom is 0.328 e. The van der Waals surface area contributed by atoms with Crippen LogP contribution in [0.2, 0.25) is 0 Å². The van der Waals surface area contributed by atoms with Gasteiger partial charge < -0.3 is 15.4 Å². The maximum absolute atomic E-state index is 13.0. The molecule has 6 heteroatoms. The van der Waals surface area contributed by atoms with Crippen LogP contribution in [0, 0.1) is 5.41 Å². The van der Waals surface area contributed by atoms with Gasteiger partial charge in [-0.15, -0.1) is 0 Å². The van der Waals surface area contributed by atoms with Gasteiger partial charge in [0.05, 0.1) is 17.0 Å². The second-order valence-corrected chi connectivity index (χ2v) is 6.36. The number of amides is 1. The average Bonchev–Trinajstić information content (AvgIpc) is 2.96. The Morgan fingerprint density at radius 1 is 1.29 bits per heavy atom. The first kappa shape index (κ1) is 16.2. The number of hydrogen-bond donors (Lipinski definition) is 1. The average molecular weight is 312 g/mol. The minimum Gasteiger partial charge on any atom is -0.464 e. The number of nitrogens with zero attached hydrogens (tertiary/aromatic N) is 1. The van der Waals surface area contributed by atoms with E-state index in [2.05, 4.69) is 0 Å². The lowest BCUT2D eigenvalue weighted by atomic mass is 9.72. The van der Waals surface area contributed by atoms with Gasteiger partial charge in [-0.25, -0.2) is 4.79 Å². The summed E-state index contributed by atoms with van der Waals surface area (Å²) in [6.45, 7) is 2.70. The molecule has 0 aromatic rings. The number of hydrogen-bond acceptors (Lipinski definition) is 4. The van der Waals surface area contributed by atoms with Crippen LogP contribution in [0.5, 0.6) is 0 Å². The number of ether oxygens (including phenoxy) is 1. The van der Waals surface area contributed by atoms with E-state index in [0.29, 0.717) is 32.4 Å². The first-order chi connectivity index (χ1) is 10.0. The van der Waals surface area contributed by atoms with Crippen LogP contribution in [0.3, 0.4) is 0 Å². The maximum atomic E-state index is 13.0. The second kappa shape index (κ2) is 6.73. The predicted molar refractivity (Wildman–Crippen MR) is 83.7 cm³/mol. The largest absolute Gasteiger partial charge is 0.464 e. The fraction of sp³-hybridized carbons (Fsp3) is 0.800. The summed E-state index contributed by atoms with van der Waals surface area (Å²) < 4.78 is 5.09. The Morgan fingerprint density at radius 2 is 1.95 bits per heavy atom. The van der Waals surface area contributed by atoms with Crippen LogP contribution in [0.15, 0.2) is 0 Å². The molecule has 2 N–H and O–H groups in total. The van der Waals surface area contributed by atoms with Crippen molar-refractivity contribution in [3.05, 3.63) is 0 Å². The van der Waals surface area contributed by atoms with Gasteiger partial charge in [-0.05, 0) is 32.6 Å². The van der Waals surface area contributed by atoms with E-state index in [0.717, 1.165) is 25.7 Å². The summed E-state index contributed by atoms with van der Waals surface area (Å²) in [6, 6.07) is -0.467. The highest BCUT2D eigenvalue weighted by Gasteiger charge is 2.48. The zero-order valence-electron chi connectivity index (χ0n) is 12.6. The molecule has 2 fully saturated rings. The summed E-state index contributed by atoms with van der Waals surface area (Å²) in [4.78, 5) is 27.0. The summed E-state index contributed by atoms with van der Waals surface area (Å²) in [7, 11) is 0. The van der Waals surface area contributed by atoms with E-state index in [4.69, 9.17) is 22.7 Å². The molecular weight excluding hydrogens is 288 g/mol. The summed E-state index contributed by atoms with van der Waals surface area (Å²) in [5.74, 6) is -0.373. The van der Waals surface area contributed by atoms with Crippen molar-refractivity contribution < 1.29 is 14.3 Å². The molecule has 0 bridgehead atoms. The molecule has 0 spiro atoms. The van der Waals surface area contributed by atoms with E-state index in [1.54, 1.807) is 11.8 Å². The first-order valence-corrected chi connectivity index (χ1v) is 8.21. The minimum absolute atomic E-state index is 0.0646. The van der Waals surface area contributed by atoms with E-state index in [1.807, 2.05) is 0 Å². The van der Waals surface area contributed by atoms with E-state index < -0.39 is 11.5 Å². The van der Waals surface area contributed by atoms with Crippen LogP contribution in [0.4, 0.5) is 0 Å². The SMILES string of the molecule is CCOC(=O)C1CCCN1C(=O)C1(C(N)=S)CCCCC1. The zero-order chi connectivity index (χ0) is 15.5. The summed E-state index contributed by atoms with van der Waals surface area (Å²) in [5.41, 5.74) is 5.17. The monoisotopic (exact) mass is 312 g/mol. The van der Waals surface area contributed by atoms with Crippen molar-refractivity contribution in [2.75, 3.05) is 13.2 Å². The van der Waals surface area contributed by atoms with Crippen molar-refractivity contribution in [2.45, 2.75) is 57.9 Å². The fourth-order valence-electron chi connectivity index (χ4n) is 3.49. The number of carbonyl (C=O) groups excluding carboxylic acids is 2. The van der Waals surface area contributed by atoms with Crippen molar-refractivity contribution in [3.8, 4) is 0 Å². The van der Waals surface area contributed by atoms with E-state index >= 15 is 0 Å². The van der Waals surface area contributed by atoms with Gasteiger partial charge in [0.2, 0.25) is 5.91 Å². The molecule has 1 aliphatic carbocycles. The minimum atomic E-state index is -0.747. The molecule has 5 nitrogen and oxygen atoms in total. The Balaban J connectivity index is 2.20. The smallest absolute Gasteiger partial charge is 0.328 e. The Morgan fingerprint density at radius 3 is 2.52 bits per heavy atom. The van der Waals surface area contributed by atoms with Gasteiger partial charge in [-0.3, -0.25) is 4.79 Å². The third-order valence-corrected chi connectivity index (χ3v) is 5.05. The molecule has 0 radical (unpaired) electrons. The van der Waals surface area contributed by atoms with Crippen LogP contribution in [0.1, 0.15) is 51.9 Å². The van der Waals surface area contributed by atoms with Crippen LogP contribution in [0.25, 0.3) is 0 Å². The van der Waals surface area contributed by atoms with Gasteiger partial charge >= 0.3 is 5.97 Å². The van der Waals surface area contributed by atoms with Crippen molar-refractivity contribution in [1.82, 2.24) is 4.90 Å². The molecule has 0 aromatic heterocycles. The number of esters is 1. The Labute approximate surface area is 131 Å². The Hall–Kier alpha value is -1.17. The third kappa shape index (κ3) is 3.05. The van der Waals surface area contributed by atoms with E-state index in [-0.39, 0.29) is 16.9 Å². The third-order valence-electron chi connectivity index (χ3n) is 4.66. The molecule has 1 amide bonds. The van der Waals surface area contributed by atoms with Gasteiger partial charge in [0.15, 0.2) is 0 Å². The number of nitrogens with two attached hydrogens (primary N) is 1. The van der Waals surface area contributed by atoms with Crippen LogP contribution < -0.4 is 5.73 Å². The standard InChI is InChI=1S/C15H24N2O3S/c1-2-20-12(18)11-7-6-10-17(11)14(19)15(13(16)21)8-4-3-5-9-15/h11H,2-10H2,1H3,(H2,16,21). The lowest BCUT2D eigenvalue weighted by Gasteiger charge is -2.39. The van der Waals surface area contributed by atoms with Gasteiger partial charge in [0.1, 0.15) is 6.04 Å². The lowest BCUT2D eigenvalue weighted by molar-refractivity contribution is -0.155. The van der Waals surface area contributed by atoms with Gasteiger partial charge in [-0.2, -0.15) is 0 Å². The summed E-state index contributed by atoms with van der Waals surface area (Å²) in [5, 5.41) is 0. The van der Waals surface area contributed by atoms with Crippen LogP contribution in [-0.2, 0) is 14.3 Å². The predicted octanol–water partition coefficient (Wildman–Crippen LogP) is 1.78. The zero-order valence-corrected chi connectivity index (χ0v) is 13.4. The van der Waals surface area contributed by atoms with Crippen LogP contribution >= 0.6 is 12.2 Å². The quantitative estimate of drug-likeness (QED) is 0.633. The molecule has 118 valence electrons. The lowest BCUT2D eigenvalue weighted by Crippen LogP contribution is -2.54. The van der Waals surface area contributed by atoms with Gasteiger partial charge in [0.25, 0.3) is 0 Å². The van der Waals surface area contributed by atoms with Crippen molar-refractivity contribution in [3.63, 3.8) is 0 Å². The number of carbonyl (C=O) groups is 2. The molecule has 1 saturated carbocycles. The molecule has 1 unspecified atom stereocenters. The molecule has 2 aliphatic rings. The molecule has 1 heterocycles. The number of likely N-dealkylation sites (tertiary alicyclic amines) is 1. The number of rotatable bonds is 4. The van der Waals surface area contributed by atoms with Crippen molar-refractivity contribution in [1.29, 1.82) is 0 Å². The van der Waals surface area contributed by atoms with Gasteiger partial charge in [0, 0.05) is 6.54 Å². The molecule has 1 saturated heterocycles. The highest BCUT2D eigenvalue weighted by atomic mass is 32.1. The van der Waals surface area contributed by atoms with Crippen molar-refractivity contribution in [2.24, 2.45) is 11.1 Å². The highest BCUT2D eigenvalue weighted by molar-refractivity contribution is 7.80. The van der Waals surface area contributed by atoms with Crippen molar-refractivity contribution >= 4 is 29.1 Å².